The van der Waals surface area contributed by atoms with Crippen molar-refractivity contribution in [2.75, 3.05) is 11.9 Å². The average molecular weight is 176 g/mol. The predicted molar refractivity (Wildman–Crippen MR) is 52.7 cm³/mol. The fourth-order valence-corrected chi connectivity index (χ4v) is 1.25. The van der Waals surface area contributed by atoms with E-state index >= 15 is 0 Å². The van der Waals surface area contributed by atoms with Gasteiger partial charge < -0.3 is 10.3 Å². The first kappa shape index (κ1) is 8.04. The molecular weight excluding hydrogens is 164 g/mol. The van der Waals surface area contributed by atoms with E-state index in [0.29, 0.717) is 0 Å². The summed E-state index contributed by atoms with van der Waals surface area (Å²) in [6.45, 7) is 3.10. The number of pyridine rings is 1. The van der Waals surface area contributed by atoms with E-state index in [1.165, 1.54) is 0 Å². The number of aromatic nitrogens is 3. The molecule has 0 aromatic carbocycles. The highest BCUT2D eigenvalue weighted by atomic mass is 15.0. The number of hydrogen-bond donors (Lipinski definition) is 2. The maximum atomic E-state index is 4.19. The van der Waals surface area contributed by atoms with Crippen molar-refractivity contribution in [3.05, 3.63) is 18.6 Å². The predicted octanol–water partition coefficient (Wildman–Crippen LogP) is 1.78. The Morgan fingerprint density at radius 2 is 2.38 bits per heavy atom. The smallest absolute Gasteiger partial charge is 0.159 e. The zero-order valence-electron chi connectivity index (χ0n) is 7.54. The first-order chi connectivity index (χ1) is 6.42. The number of fused-ring (bicyclic) bond motifs is 1. The molecule has 2 rings (SSSR count). The quantitative estimate of drug-likeness (QED) is 0.749. The van der Waals surface area contributed by atoms with E-state index in [1.54, 1.807) is 12.5 Å². The fraction of sp³-hybridized carbons (Fsp3) is 0.333. The van der Waals surface area contributed by atoms with Crippen LogP contribution in [0.4, 0.5) is 5.69 Å². The van der Waals surface area contributed by atoms with Gasteiger partial charge in [-0.1, -0.05) is 6.92 Å². The molecule has 0 amide bonds. The topological polar surface area (TPSA) is 53.6 Å². The van der Waals surface area contributed by atoms with Gasteiger partial charge in [0, 0.05) is 12.7 Å². The second-order valence-electron chi connectivity index (χ2n) is 2.89. The summed E-state index contributed by atoms with van der Waals surface area (Å²) in [6.07, 6.45) is 4.54. The summed E-state index contributed by atoms with van der Waals surface area (Å²) in [6, 6.07) is 1.94. The van der Waals surface area contributed by atoms with E-state index in [0.717, 1.165) is 29.8 Å². The third-order valence-electron chi connectivity index (χ3n) is 1.88. The van der Waals surface area contributed by atoms with Crippen molar-refractivity contribution in [1.82, 2.24) is 15.0 Å². The van der Waals surface area contributed by atoms with Crippen LogP contribution in [0, 0.1) is 0 Å². The molecule has 13 heavy (non-hydrogen) atoms. The van der Waals surface area contributed by atoms with Gasteiger partial charge in [-0.15, -0.1) is 0 Å². The van der Waals surface area contributed by atoms with Crippen LogP contribution in [0.15, 0.2) is 18.6 Å². The Morgan fingerprint density at radius 1 is 1.46 bits per heavy atom. The lowest BCUT2D eigenvalue weighted by atomic mass is 10.3. The monoisotopic (exact) mass is 176 g/mol. The summed E-state index contributed by atoms with van der Waals surface area (Å²) in [4.78, 5) is 11.3. The number of anilines is 1. The van der Waals surface area contributed by atoms with Crippen LogP contribution in [0.25, 0.3) is 11.2 Å². The largest absolute Gasteiger partial charge is 0.383 e. The molecule has 0 fully saturated rings. The molecule has 2 aromatic rings. The number of nitrogens with zero attached hydrogens (tertiary/aromatic N) is 2. The van der Waals surface area contributed by atoms with E-state index in [1.807, 2.05) is 6.07 Å². The Hall–Kier alpha value is -1.58. The number of aromatic amines is 1. The Labute approximate surface area is 76.4 Å². The summed E-state index contributed by atoms with van der Waals surface area (Å²) >= 11 is 0. The molecule has 0 saturated carbocycles. The van der Waals surface area contributed by atoms with Crippen LogP contribution in [0.2, 0.25) is 0 Å². The van der Waals surface area contributed by atoms with Gasteiger partial charge in [-0.25, -0.2) is 9.97 Å². The van der Waals surface area contributed by atoms with Gasteiger partial charge in [0.15, 0.2) is 5.65 Å². The van der Waals surface area contributed by atoms with Crippen LogP contribution >= 0.6 is 0 Å². The molecular formula is C9H12N4. The minimum Gasteiger partial charge on any atom is -0.383 e. The van der Waals surface area contributed by atoms with Crippen LogP contribution < -0.4 is 5.32 Å². The standard InChI is InChI=1S/C9H12N4/c1-2-4-10-7-3-5-11-9-8(7)12-6-13-9/h3,5-6H,2,4H2,1H3,(H2,10,11,12,13). The minimum absolute atomic E-state index is 0.834. The highest BCUT2D eigenvalue weighted by molar-refractivity contribution is 5.84. The fourth-order valence-electron chi connectivity index (χ4n) is 1.25. The van der Waals surface area contributed by atoms with Gasteiger partial charge in [0.1, 0.15) is 5.52 Å². The number of nitrogens with one attached hydrogen (secondary N) is 2. The lowest BCUT2D eigenvalue weighted by Gasteiger charge is -2.03. The summed E-state index contributed by atoms with van der Waals surface area (Å²) in [5, 5.41) is 3.30. The number of hydrogen-bond acceptors (Lipinski definition) is 3. The van der Waals surface area contributed by atoms with Crippen molar-refractivity contribution < 1.29 is 0 Å². The summed E-state index contributed by atoms with van der Waals surface area (Å²) in [5.74, 6) is 0. The number of H-pyrrole nitrogens is 1. The zero-order valence-corrected chi connectivity index (χ0v) is 7.54. The average Bonchev–Trinajstić information content (AvgIpc) is 2.62. The van der Waals surface area contributed by atoms with Gasteiger partial charge in [-0.05, 0) is 12.5 Å². The van der Waals surface area contributed by atoms with Crippen LogP contribution in [0.5, 0.6) is 0 Å². The molecule has 0 bridgehead atoms. The van der Waals surface area contributed by atoms with Crippen LogP contribution in [-0.4, -0.2) is 21.5 Å². The van der Waals surface area contributed by atoms with Gasteiger partial charge in [0.05, 0.1) is 12.0 Å². The normalized spacial score (nSPS) is 10.5. The minimum atomic E-state index is 0.834. The molecule has 2 heterocycles. The van der Waals surface area contributed by atoms with Crippen LogP contribution in [0.1, 0.15) is 13.3 Å². The SMILES string of the molecule is CCCNc1ccnc2[nH]cnc12. The zero-order chi connectivity index (χ0) is 9.10. The first-order valence-electron chi connectivity index (χ1n) is 4.43. The van der Waals surface area contributed by atoms with E-state index in [2.05, 4.69) is 27.2 Å². The van der Waals surface area contributed by atoms with Crippen LogP contribution in [0.3, 0.4) is 0 Å². The van der Waals surface area contributed by atoms with Crippen molar-refractivity contribution in [1.29, 1.82) is 0 Å². The molecule has 0 spiro atoms. The molecule has 2 aromatic heterocycles. The van der Waals surface area contributed by atoms with Crippen molar-refractivity contribution in [2.24, 2.45) is 0 Å². The van der Waals surface area contributed by atoms with Crippen molar-refractivity contribution in [2.45, 2.75) is 13.3 Å². The third-order valence-corrected chi connectivity index (χ3v) is 1.88. The molecule has 0 radical (unpaired) electrons. The third kappa shape index (κ3) is 1.47. The Kier molecular flexibility index (Phi) is 2.12. The number of imidazole rings is 1. The Morgan fingerprint density at radius 3 is 3.23 bits per heavy atom. The molecule has 0 saturated heterocycles. The second-order valence-corrected chi connectivity index (χ2v) is 2.89. The molecule has 0 aliphatic carbocycles. The van der Waals surface area contributed by atoms with E-state index < -0.39 is 0 Å². The summed E-state index contributed by atoms with van der Waals surface area (Å²) < 4.78 is 0. The number of rotatable bonds is 3. The molecule has 0 aliphatic rings. The highest BCUT2D eigenvalue weighted by Gasteiger charge is 2.01. The summed E-state index contributed by atoms with van der Waals surface area (Å²) in [7, 11) is 0. The van der Waals surface area contributed by atoms with Gasteiger partial charge in [-0.2, -0.15) is 0 Å². The molecule has 0 unspecified atom stereocenters. The van der Waals surface area contributed by atoms with Gasteiger partial charge in [0.2, 0.25) is 0 Å². The van der Waals surface area contributed by atoms with E-state index in [9.17, 15) is 0 Å². The summed E-state index contributed by atoms with van der Waals surface area (Å²) in [5.41, 5.74) is 2.80. The van der Waals surface area contributed by atoms with Crippen molar-refractivity contribution >= 4 is 16.9 Å². The van der Waals surface area contributed by atoms with Crippen molar-refractivity contribution in [3.8, 4) is 0 Å². The Bertz CT molecular complexity index is 393. The molecule has 0 atom stereocenters. The first-order valence-corrected chi connectivity index (χ1v) is 4.43. The molecule has 0 aliphatic heterocycles. The van der Waals surface area contributed by atoms with Gasteiger partial charge in [0.25, 0.3) is 0 Å². The highest BCUT2D eigenvalue weighted by Crippen LogP contribution is 2.16. The Balaban J connectivity index is 2.37. The van der Waals surface area contributed by atoms with Gasteiger partial charge in [-0.3, -0.25) is 0 Å². The molecule has 68 valence electrons. The molecule has 4 nitrogen and oxygen atoms in total. The second kappa shape index (κ2) is 3.43. The maximum absolute atomic E-state index is 4.19. The lowest BCUT2D eigenvalue weighted by molar-refractivity contribution is 0.980. The van der Waals surface area contributed by atoms with Crippen LogP contribution in [-0.2, 0) is 0 Å². The van der Waals surface area contributed by atoms with E-state index in [4.69, 9.17) is 0 Å². The van der Waals surface area contributed by atoms with Crippen molar-refractivity contribution in [3.63, 3.8) is 0 Å². The molecule has 4 heteroatoms. The van der Waals surface area contributed by atoms with Gasteiger partial charge >= 0.3 is 0 Å². The lowest BCUT2D eigenvalue weighted by Crippen LogP contribution is -2.00. The molecule has 2 N–H and O–H groups in total. The van der Waals surface area contributed by atoms with E-state index in [-0.39, 0.29) is 0 Å². The maximum Gasteiger partial charge on any atom is 0.159 e.